The van der Waals surface area contributed by atoms with Gasteiger partial charge in [-0.2, -0.15) is 0 Å². The van der Waals surface area contributed by atoms with Crippen molar-refractivity contribution in [3.05, 3.63) is 62.4 Å². The second kappa shape index (κ2) is 8.36. The molecule has 4 heterocycles. The van der Waals surface area contributed by atoms with Crippen molar-refractivity contribution in [1.82, 2.24) is 14.5 Å². The van der Waals surface area contributed by atoms with Crippen molar-refractivity contribution < 1.29 is 14.6 Å². The number of benzene rings is 1. The second-order valence-electron chi connectivity index (χ2n) is 9.41. The quantitative estimate of drug-likeness (QED) is 0.510. The normalized spacial score (nSPS) is 22.3. The molecule has 3 aromatic rings. The number of carboxylic acids is 1. The maximum absolute atomic E-state index is 13.8. The second-order valence-corrected chi connectivity index (χ2v) is 9.80. The Kier molecular flexibility index (Phi) is 5.61. The average Bonchev–Trinajstić information content (AvgIpc) is 3.40. The van der Waals surface area contributed by atoms with Gasteiger partial charge in [-0.3, -0.25) is 9.36 Å². The third-order valence-electron chi connectivity index (χ3n) is 7.12. The summed E-state index contributed by atoms with van der Waals surface area (Å²) < 4.78 is 7.66. The van der Waals surface area contributed by atoms with Crippen LogP contribution in [0, 0.1) is 6.92 Å². The predicted octanol–water partition coefficient (Wildman–Crippen LogP) is 4.64. The Morgan fingerprint density at radius 2 is 2.18 bits per heavy atom. The summed E-state index contributed by atoms with van der Waals surface area (Å²) in [6.07, 6.45) is 2.58. The van der Waals surface area contributed by atoms with Gasteiger partial charge < -0.3 is 15.2 Å². The molecule has 1 spiro atoms. The first kappa shape index (κ1) is 22.8. The molecule has 2 aliphatic rings. The molecule has 2 N–H and O–H groups in total. The van der Waals surface area contributed by atoms with Crippen molar-refractivity contribution in [2.45, 2.75) is 57.5 Å². The summed E-state index contributed by atoms with van der Waals surface area (Å²) in [6, 6.07) is 6.81. The molecule has 2 aliphatic heterocycles. The molecule has 0 unspecified atom stereocenters. The molecule has 0 radical (unpaired) electrons. The van der Waals surface area contributed by atoms with Gasteiger partial charge in [0.15, 0.2) is 5.69 Å². The van der Waals surface area contributed by atoms with Gasteiger partial charge >= 0.3 is 5.97 Å². The molecule has 5 rings (SSSR count). The van der Waals surface area contributed by atoms with Gasteiger partial charge in [0.05, 0.1) is 34.7 Å². The van der Waals surface area contributed by atoms with Crippen molar-refractivity contribution in [3.63, 3.8) is 0 Å². The summed E-state index contributed by atoms with van der Waals surface area (Å²) in [5.74, 6) is -0.361. The monoisotopic (exact) mass is 482 g/mol. The number of aryl methyl sites for hydroxylation is 1. The summed E-state index contributed by atoms with van der Waals surface area (Å²) >= 11 is 5.91. The number of anilines is 1. The molecule has 1 saturated heterocycles. The largest absolute Gasteiger partial charge is 0.476 e. The van der Waals surface area contributed by atoms with Gasteiger partial charge in [-0.15, -0.1) is 0 Å². The Bertz CT molecular complexity index is 1360. The SMILES string of the molecule is CC[C@@H]1C[C@]2(CCOC2)c2nc3c([C@@H](C)Nc4ccc(Cl)nc4C(=O)O)cc(C)cc3c(=O)n21. The van der Waals surface area contributed by atoms with Gasteiger partial charge in [0.25, 0.3) is 5.56 Å². The molecule has 1 fully saturated rings. The molecule has 178 valence electrons. The number of pyridine rings is 1. The van der Waals surface area contributed by atoms with E-state index in [1.165, 1.54) is 0 Å². The Balaban J connectivity index is 1.67. The van der Waals surface area contributed by atoms with Crippen LogP contribution in [-0.2, 0) is 10.2 Å². The van der Waals surface area contributed by atoms with Crippen molar-refractivity contribution in [1.29, 1.82) is 0 Å². The minimum atomic E-state index is -1.17. The highest BCUT2D eigenvalue weighted by molar-refractivity contribution is 6.29. The minimum Gasteiger partial charge on any atom is -0.476 e. The topological polar surface area (TPSA) is 106 Å². The van der Waals surface area contributed by atoms with Crippen LogP contribution in [0.5, 0.6) is 0 Å². The van der Waals surface area contributed by atoms with E-state index in [4.69, 9.17) is 21.3 Å². The van der Waals surface area contributed by atoms with Gasteiger partial charge in [-0.05, 0) is 56.9 Å². The van der Waals surface area contributed by atoms with E-state index in [0.717, 1.165) is 36.2 Å². The number of halogens is 1. The van der Waals surface area contributed by atoms with E-state index in [0.29, 0.717) is 29.8 Å². The molecule has 8 nitrogen and oxygen atoms in total. The van der Waals surface area contributed by atoms with Gasteiger partial charge in [0, 0.05) is 18.2 Å². The zero-order valence-corrected chi connectivity index (χ0v) is 20.1. The van der Waals surface area contributed by atoms with Crippen LogP contribution in [0.2, 0.25) is 5.15 Å². The smallest absolute Gasteiger partial charge is 0.356 e. The van der Waals surface area contributed by atoms with Crippen LogP contribution in [0.1, 0.15) is 72.6 Å². The molecule has 34 heavy (non-hydrogen) atoms. The summed E-state index contributed by atoms with van der Waals surface area (Å²) in [5, 5.41) is 13.5. The van der Waals surface area contributed by atoms with Crippen molar-refractivity contribution in [2.75, 3.05) is 18.5 Å². The highest BCUT2D eigenvalue weighted by Crippen LogP contribution is 2.46. The van der Waals surface area contributed by atoms with Crippen LogP contribution in [0.3, 0.4) is 0 Å². The standard InChI is InChI=1S/C25H27ClN4O4/c1-4-15-11-25(7-8-34-12-25)24-29-20-16(9-13(2)10-17(20)22(31)30(15)24)14(3)27-18-5-6-19(26)28-21(18)23(32)33/h5-6,9-10,14-15,27H,4,7-8,11-12H2,1-3H3,(H,32,33)/t14-,15-,25+/m1/s1. The molecule has 0 bridgehead atoms. The van der Waals surface area contributed by atoms with E-state index in [1.54, 1.807) is 12.1 Å². The van der Waals surface area contributed by atoms with E-state index in [-0.39, 0.29) is 33.9 Å². The zero-order chi connectivity index (χ0) is 24.2. The first-order valence-corrected chi connectivity index (χ1v) is 11.9. The lowest BCUT2D eigenvalue weighted by Crippen LogP contribution is -2.29. The van der Waals surface area contributed by atoms with Crippen molar-refractivity contribution in [2.24, 2.45) is 0 Å². The summed E-state index contributed by atoms with van der Waals surface area (Å²) in [7, 11) is 0. The molecule has 0 saturated carbocycles. The number of rotatable bonds is 5. The molecule has 1 aromatic carbocycles. The van der Waals surface area contributed by atoms with E-state index in [1.807, 2.05) is 30.5 Å². The number of fused-ring (bicyclic) bond motifs is 3. The molecule has 2 aromatic heterocycles. The summed E-state index contributed by atoms with van der Waals surface area (Å²) in [5.41, 5.74) is 2.35. The fourth-order valence-corrected chi connectivity index (χ4v) is 5.60. The number of hydrogen-bond acceptors (Lipinski definition) is 6. The van der Waals surface area contributed by atoms with E-state index in [9.17, 15) is 14.7 Å². The van der Waals surface area contributed by atoms with Crippen LogP contribution in [0.4, 0.5) is 5.69 Å². The lowest BCUT2D eigenvalue weighted by molar-refractivity contribution is 0.0691. The van der Waals surface area contributed by atoms with Crippen molar-refractivity contribution in [3.8, 4) is 0 Å². The highest BCUT2D eigenvalue weighted by atomic mass is 35.5. The van der Waals surface area contributed by atoms with Crippen molar-refractivity contribution >= 4 is 34.2 Å². The third-order valence-corrected chi connectivity index (χ3v) is 7.33. The maximum Gasteiger partial charge on any atom is 0.356 e. The van der Waals surface area contributed by atoms with Gasteiger partial charge in [0.1, 0.15) is 11.0 Å². The van der Waals surface area contributed by atoms with Gasteiger partial charge in [-0.1, -0.05) is 24.6 Å². The average molecular weight is 483 g/mol. The first-order chi connectivity index (χ1) is 16.2. The number of aromatic carboxylic acids is 1. The molecular weight excluding hydrogens is 456 g/mol. The molecular formula is C25H27ClN4O4. The zero-order valence-electron chi connectivity index (χ0n) is 19.4. The summed E-state index contributed by atoms with van der Waals surface area (Å²) in [4.78, 5) is 34.5. The number of nitrogens with one attached hydrogen (secondary N) is 1. The molecule has 3 atom stereocenters. The van der Waals surface area contributed by atoms with Crippen LogP contribution in [0.25, 0.3) is 10.9 Å². The summed E-state index contributed by atoms with van der Waals surface area (Å²) in [6.45, 7) is 7.22. The Hall–Kier alpha value is -2.97. The lowest BCUT2D eigenvalue weighted by Gasteiger charge is -2.22. The highest BCUT2D eigenvalue weighted by Gasteiger charge is 2.48. The van der Waals surface area contributed by atoms with Gasteiger partial charge in [0.2, 0.25) is 0 Å². The third kappa shape index (κ3) is 3.56. The Morgan fingerprint density at radius 1 is 1.38 bits per heavy atom. The minimum absolute atomic E-state index is 0.0211. The number of ether oxygens (including phenoxy) is 1. The number of nitrogens with zero attached hydrogens (tertiary/aromatic N) is 3. The van der Waals surface area contributed by atoms with E-state index in [2.05, 4.69) is 17.2 Å². The molecule has 0 aliphatic carbocycles. The van der Waals surface area contributed by atoms with Crippen LogP contribution >= 0.6 is 11.6 Å². The van der Waals surface area contributed by atoms with Crippen LogP contribution in [-0.4, -0.2) is 38.8 Å². The Morgan fingerprint density at radius 3 is 2.85 bits per heavy atom. The van der Waals surface area contributed by atoms with Crippen LogP contribution in [0.15, 0.2) is 29.1 Å². The van der Waals surface area contributed by atoms with Gasteiger partial charge in [-0.25, -0.2) is 14.8 Å². The fraction of sp³-hybridized carbons (Fsp3) is 0.440. The molecule has 9 heteroatoms. The fourth-order valence-electron chi connectivity index (χ4n) is 5.45. The van der Waals surface area contributed by atoms with Crippen LogP contribution < -0.4 is 10.9 Å². The molecule has 0 amide bonds. The Labute approximate surface area is 201 Å². The number of aromatic nitrogens is 3. The first-order valence-electron chi connectivity index (χ1n) is 11.6. The van der Waals surface area contributed by atoms with E-state index < -0.39 is 5.97 Å². The predicted molar refractivity (Wildman–Crippen MR) is 130 cm³/mol. The lowest BCUT2D eigenvalue weighted by atomic mass is 9.83. The number of carbonyl (C=O) groups is 1. The number of hydrogen-bond donors (Lipinski definition) is 2. The van der Waals surface area contributed by atoms with E-state index >= 15 is 0 Å². The maximum atomic E-state index is 13.8. The number of carboxylic acid groups (broad SMARTS) is 1.